The van der Waals surface area contributed by atoms with Gasteiger partial charge >= 0.3 is 19.5 Å². The normalized spacial score (nSPS) is 12.3. The van der Waals surface area contributed by atoms with Crippen LogP contribution in [0.5, 0.6) is 5.75 Å². The molecule has 0 aliphatic rings. The summed E-state index contributed by atoms with van der Waals surface area (Å²) in [5.74, 6) is 0.0209. The van der Waals surface area contributed by atoms with Crippen molar-refractivity contribution in [3.05, 3.63) is 42.5 Å². The summed E-state index contributed by atoms with van der Waals surface area (Å²) in [5, 5.41) is 0. The molecule has 0 aliphatic heterocycles. The number of carbonyl (C=O) groups excluding carboxylic acids is 2. The van der Waals surface area contributed by atoms with Gasteiger partial charge in [0.25, 0.3) is 0 Å². The van der Waals surface area contributed by atoms with Gasteiger partial charge in [-0.25, -0.2) is 15.0 Å². The average Bonchev–Trinajstić information content (AvgIpc) is 3.36. The van der Waals surface area contributed by atoms with Crippen molar-refractivity contribution in [1.29, 1.82) is 0 Å². The van der Waals surface area contributed by atoms with Gasteiger partial charge < -0.3 is 24.5 Å². The molecule has 0 aliphatic carbocycles. The van der Waals surface area contributed by atoms with E-state index in [9.17, 15) is 14.2 Å². The Morgan fingerprint density at radius 1 is 0.841 bits per heavy atom. The van der Waals surface area contributed by atoms with Crippen molar-refractivity contribution >= 4 is 36.5 Å². The molecule has 0 spiro atoms. The molecule has 44 heavy (non-hydrogen) atoms. The van der Waals surface area contributed by atoms with Crippen LogP contribution in [0.1, 0.15) is 72.8 Å². The maximum atomic E-state index is 13.5. The number of benzene rings is 1. The van der Waals surface area contributed by atoms with Gasteiger partial charge in [0.2, 0.25) is 13.6 Å². The number of fused-ring (bicyclic) bond motifs is 1. The Balaban J connectivity index is 1.44. The van der Waals surface area contributed by atoms with Crippen LogP contribution in [0.4, 0.5) is 5.82 Å². The molecule has 0 saturated heterocycles. The number of carbonyl (C=O) groups is 2. The number of aromatic nitrogens is 4. The van der Waals surface area contributed by atoms with Gasteiger partial charge in [-0.2, -0.15) is 0 Å². The molecule has 13 nitrogen and oxygen atoms in total. The molecule has 0 unspecified atom stereocenters. The van der Waals surface area contributed by atoms with Gasteiger partial charge in [0.1, 0.15) is 17.6 Å². The fourth-order valence-electron chi connectivity index (χ4n) is 3.79. The summed E-state index contributed by atoms with van der Waals surface area (Å²) in [7, 11) is -3.86. The molecule has 2 heterocycles. The Morgan fingerprint density at radius 2 is 1.43 bits per heavy atom. The van der Waals surface area contributed by atoms with Crippen LogP contribution in [0.3, 0.4) is 0 Å². The lowest BCUT2D eigenvalue weighted by molar-refractivity contribution is -0.162. The lowest BCUT2D eigenvalue weighted by atomic mass is 9.98. The van der Waals surface area contributed by atoms with Gasteiger partial charge in [-0.05, 0) is 72.1 Å². The summed E-state index contributed by atoms with van der Waals surface area (Å²) in [4.78, 5) is 36.7. The molecule has 0 atom stereocenters. The van der Waals surface area contributed by atoms with Crippen molar-refractivity contribution in [3.63, 3.8) is 0 Å². The van der Waals surface area contributed by atoms with Gasteiger partial charge in [0, 0.05) is 6.54 Å². The highest BCUT2D eigenvalue weighted by atomic mass is 31.2. The highest BCUT2D eigenvalue weighted by molar-refractivity contribution is 7.53. The fourth-order valence-corrected chi connectivity index (χ4v) is 5.13. The van der Waals surface area contributed by atoms with Crippen molar-refractivity contribution < 1.29 is 37.4 Å². The van der Waals surface area contributed by atoms with Gasteiger partial charge in [0.05, 0.1) is 29.9 Å². The first-order chi connectivity index (χ1) is 20.7. The number of rotatable bonds is 16. The number of imidazole rings is 1. The van der Waals surface area contributed by atoms with Crippen molar-refractivity contribution in [2.75, 3.05) is 25.9 Å². The monoisotopic (exact) mass is 633 g/mol. The second-order valence-electron chi connectivity index (χ2n) is 12.4. The molecule has 3 rings (SSSR count). The lowest BCUT2D eigenvalue weighted by Crippen LogP contribution is -2.24. The van der Waals surface area contributed by atoms with E-state index in [4.69, 9.17) is 29.0 Å². The largest absolute Gasteiger partial charge is 0.494 e. The first-order valence-electron chi connectivity index (χ1n) is 14.5. The third-order valence-corrected chi connectivity index (χ3v) is 8.14. The minimum absolute atomic E-state index is 0.127. The van der Waals surface area contributed by atoms with Crippen LogP contribution in [0.2, 0.25) is 0 Å². The molecule has 2 N–H and O–H groups in total. The second-order valence-corrected chi connectivity index (χ2v) is 14.5. The molecule has 0 radical (unpaired) electrons. The zero-order chi connectivity index (χ0) is 32.4. The van der Waals surface area contributed by atoms with Gasteiger partial charge in [-0.1, -0.05) is 25.0 Å². The number of hydrogen-bond acceptors (Lipinski definition) is 12. The van der Waals surface area contributed by atoms with Gasteiger partial charge in [0.15, 0.2) is 11.5 Å². The summed E-state index contributed by atoms with van der Waals surface area (Å²) in [5.41, 5.74) is 6.34. The molecule has 14 heteroatoms. The first kappa shape index (κ1) is 34.9. The van der Waals surface area contributed by atoms with E-state index in [1.54, 1.807) is 72.1 Å². The van der Waals surface area contributed by atoms with Crippen molar-refractivity contribution in [2.24, 2.45) is 10.8 Å². The van der Waals surface area contributed by atoms with E-state index in [0.717, 1.165) is 37.9 Å². The van der Waals surface area contributed by atoms with Crippen molar-refractivity contribution in [3.8, 4) is 5.75 Å². The van der Waals surface area contributed by atoms with Crippen molar-refractivity contribution in [2.45, 2.75) is 79.9 Å². The molecule has 0 bridgehead atoms. The Morgan fingerprint density at radius 3 is 2.02 bits per heavy atom. The molecule has 0 fully saturated rings. The first-order valence-corrected chi connectivity index (χ1v) is 16.3. The van der Waals surface area contributed by atoms with E-state index in [0.29, 0.717) is 29.3 Å². The fraction of sp³-hybridized carbons (Fsp3) is 0.567. The van der Waals surface area contributed by atoms with Crippen LogP contribution < -0.4 is 10.5 Å². The van der Waals surface area contributed by atoms with E-state index in [-0.39, 0.29) is 6.16 Å². The Bertz CT molecular complexity index is 1390. The highest BCUT2D eigenvalue weighted by Gasteiger charge is 2.30. The van der Waals surface area contributed by atoms with Gasteiger partial charge in [-0.3, -0.25) is 23.2 Å². The predicted octanol–water partition coefficient (Wildman–Crippen LogP) is 5.87. The number of aryl methyl sites for hydroxylation is 1. The highest BCUT2D eigenvalue weighted by Crippen LogP contribution is 2.51. The summed E-state index contributed by atoms with van der Waals surface area (Å²) in [6, 6.07) is 7.05. The molecular weight excluding hydrogens is 589 g/mol. The molecular formula is C30H44N5O8P. The number of hydrogen-bond donors (Lipinski definition) is 1. The maximum absolute atomic E-state index is 13.5. The summed E-state index contributed by atoms with van der Waals surface area (Å²) >= 11 is 0. The third-order valence-electron chi connectivity index (χ3n) is 6.39. The standard InChI is InChI=1S/C30H44N5O8P/c1-29(2,3)27(36)40-20-42-44(38,43-21-41-28(37)30(4,5)6)17-22-11-13-23(14-12-22)39-16-10-8-7-9-15-35-19-34-24-25(31)32-18-33-26(24)35/h11-14,18-19H,7-10,15-17,20-21H2,1-6H3,(H2,31,32,33). The number of nitrogen functional groups attached to an aromatic ring is 1. The minimum atomic E-state index is -3.86. The maximum Gasteiger partial charge on any atom is 0.340 e. The number of ether oxygens (including phenoxy) is 3. The number of esters is 2. The van der Waals surface area contributed by atoms with Crippen molar-refractivity contribution in [1.82, 2.24) is 19.5 Å². The Hall–Kier alpha value is -3.54. The molecule has 0 amide bonds. The molecule has 2 aromatic heterocycles. The van der Waals surface area contributed by atoms with Gasteiger partial charge in [-0.15, -0.1) is 0 Å². The second kappa shape index (κ2) is 15.5. The van der Waals surface area contributed by atoms with Crippen LogP contribution in [0.15, 0.2) is 36.9 Å². The lowest BCUT2D eigenvalue weighted by Gasteiger charge is -2.22. The Kier molecular flexibility index (Phi) is 12.3. The minimum Gasteiger partial charge on any atom is -0.494 e. The zero-order valence-corrected chi connectivity index (χ0v) is 27.3. The SMILES string of the molecule is CC(C)(C)C(=O)OCOP(=O)(Cc1ccc(OCCCCCCn2cnc3c(N)ncnc32)cc1)OCOC(=O)C(C)(C)C. The smallest absolute Gasteiger partial charge is 0.340 e. The van der Waals surface area contributed by atoms with Crippen LogP contribution in [0, 0.1) is 10.8 Å². The number of unbranched alkanes of at least 4 members (excludes halogenated alkanes) is 3. The number of nitrogens with zero attached hydrogens (tertiary/aromatic N) is 4. The quantitative estimate of drug-likeness (QED) is 0.0864. The van der Waals surface area contributed by atoms with E-state index < -0.39 is 44.0 Å². The van der Waals surface area contributed by atoms with E-state index >= 15 is 0 Å². The predicted molar refractivity (Wildman–Crippen MR) is 164 cm³/mol. The third kappa shape index (κ3) is 10.9. The number of anilines is 1. The van der Waals surface area contributed by atoms with E-state index in [1.165, 1.54) is 6.33 Å². The molecule has 0 saturated carbocycles. The zero-order valence-electron chi connectivity index (χ0n) is 26.4. The van der Waals surface area contributed by atoms with Crippen LogP contribution >= 0.6 is 7.60 Å². The van der Waals surface area contributed by atoms with Crippen LogP contribution in [-0.4, -0.2) is 51.7 Å². The topological polar surface area (TPSA) is 167 Å². The molecule has 1 aromatic carbocycles. The molecule has 3 aromatic rings. The molecule has 242 valence electrons. The van der Waals surface area contributed by atoms with E-state index in [2.05, 4.69) is 15.0 Å². The average molecular weight is 634 g/mol. The number of nitrogens with two attached hydrogens (primary N) is 1. The van der Waals surface area contributed by atoms with E-state index in [1.807, 2.05) is 4.57 Å². The van der Waals surface area contributed by atoms with Crippen LogP contribution in [-0.2, 0) is 45.4 Å². The summed E-state index contributed by atoms with van der Waals surface area (Å²) in [6.45, 7) is 10.4. The van der Waals surface area contributed by atoms with Crippen LogP contribution in [0.25, 0.3) is 11.2 Å². The summed E-state index contributed by atoms with van der Waals surface area (Å²) in [6.07, 6.45) is 6.94. The Labute approximate surface area is 258 Å². The summed E-state index contributed by atoms with van der Waals surface area (Å²) < 4.78 is 42.4.